The van der Waals surface area contributed by atoms with Crippen molar-refractivity contribution in [3.8, 4) is 11.1 Å². The maximum absolute atomic E-state index is 2.47. The first-order chi connectivity index (χ1) is 22.2. The van der Waals surface area contributed by atoms with E-state index in [1.807, 2.05) is 0 Å². The van der Waals surface area contributed by atoms with E-state index in [1.54, 1.807) is 0 Å². The number of allylic oxidation sites excluding steroid dienone is 1. The quantitative estimate of drug-likeness (QED) is 0.181. The number of anilines is 3. The molecule has 1 atom stereocenters. The van der Waals surface area contributed by atoms with Crippen LogP contribution in [0.15, 0.2) is 176 Å². The number of fused-ring (bicyclic) bond motifs is 3. The molecule has 0 amide bonds. The summed E-state index contributed by atoms with van der Waals surface area (Å²) in [5.74, 6) is 0. The Bertz CT molecular complexity index is 2170. The molecule has 0 saturated heterocycles. The Balaban J connectivity index is 1.21. The minimum absolute atomic E-state index is 0.230. The lowest BCUT2D eigenvalue weighted by molar-refractivity contribution is 0.751. The topological polar surface area (TPSA) is 6.48 Å². The van der Waals surface area contributed by atoms with E-state index in [0.717, 1.165) is 12.1 Å². The molecule has 0 N–H and O–H groups in total. The summed E-state index contributed by atoms with van der Waals surface area (Å²) >= 11 is 0. The minimum Gasteiger partial charge on any atom is -0.367 e. The van der Waals surface area contributed by atoms with Gasteiger partial charge in [-0.05, 0) is 64.0 Å². The van der Waals surface area contributed by atoms with E-state index in [2.05, 4.69) is 187 Å². The molecule has 45 heavy (non-hydrogen) atoms. The van der Waals surface area contributed by atoms with Crippen LogP contribution < -0.4 is 9.80 Å². The van der Waals surface area contributed by atoms with Crippen molar-refractivity contribution in [1.82, 2.24) is 0 Å². The van der Waals surface area contributed by atoms with Crippen molar-refractivity contribution in [2.24, 2.45) is 0 Å². The molecule has 0 radical (unpaired) electrons. The Labute approximate surface area is 264 Å². The Kier molecular flexibility index (Phi) is 6.88. The Morgan fingerprint density at radius 2 is 1.13 bits per heavy atom. The highest BCUT2D eigenvalue weighted by Gasteiger charge is 2.23. The second-order valence-corrected chi connectivity index (χ2v) is 11.8. The summed E-state index contributed by atoms with van der Waals surface area (Å²) in [6.45, 7) is 0. The van der Waals surface area contributed by atoms with Gasteiger partial charge >= 0.3 is 0 Å². The molecule has 2 nitrogen and oxygen atoms in total. The molecule has 7 aromatic rings. The van der Waals surface area contributed by atoms with Crippen molar-refractivity contribution in [3.05, 3.63) is 176 Å². The van der Waals surface area contributed by atoms with Gasteiger partial charge in [-0.1, -0.05) is 140 Å². The molecule has 0 aliphatic heterocycles. The van der Waals surface area contributed by atoms with Crippen molar-refractivity contribution in [3.63, 3.8) is 0 Å². The third kappa shape index (κ3) is 4.95. The van der Waals surface area contributed by atoms with E-state index in [9.17, 15) is 0 Å². The van der Waals surface area contributed by atoms with Gasteiger partial charge in [-0.15, -0.1) is 0 Å². The summed E-state index contributed by atoms with van der Waals surface area (Å²) < 4.78 is 0. The molecule has 2 heteroatoms. The molecule has 0 heterocycles. The lowest BCUT2D eigenvalue weighted by atomic mass is 9.97. The van der Waals surface area contributed by atoms with Gasteiger partial charge in [0.1, 0.15) is 0 Å². The third-order valence-electron chi connectivity index (χ3n) is 9.13. The van der Waals surface area contributed by atoms with Gasteiger partial charge in [0.2, 0.25) is 0 Å². The molecule has 8 rings (SSSR count). The van der Waals surface area contributed by atoms with Crippen LogP contribution in [-0.4, -0.2) is 13.1 Å². The van der Waals surface area contributed by atoms with Gasteiger partial charge in [0, 0.05) is 34.6 Å². The van der Waals surface area contributed by atoms with E-state index < -0.39 is 0 Å². The summed E-state index contributed by atoms with van der Waals surface area (Å²) in [4.78, 5) is 4.89. The van der Waals surface area contributed by atoms with E-state index in [-0.39, 0.29) is 6.04 Å². The largest absolute Gasteiger partial charge is 0.367 e. The molecule has 0 spiro atoms. The molecular formula is C43H34N2. The molecule has 0 bridgehead atoms. The smallest absolute Gasteiger partial charge is 0.0539 e. The van der Waals surface area contributed by atoms with E-state index >= 15 is 0 Å². The van der Waals surface area contributed by atoms with Crippen molar-refractivity contribution >= 4 is 49.4 Å². The van der Waals surface area contributed by atoms with Crippen LogP contribution in [0.4, 0.5) is 17.1 Å². The first-order valence-corrected chi connectivity index (χ1v) is 15.7. The average Bonchev–Trinajstić information content (AvgIpc) is 3.11. The highest BCUT2D eigenvalue weighted by Crippen LogP contribution is 2.40. The van der Waals surface area contributed by atoms with Crippen molar-refractivity contribution in [2.45, 2.75) is 12.5 Å². The number of nitrogens with zero attached hydrogens (tertiary/aromatic N) is 2. The fraction of sp³-hybridized carbons (Fsp3) is 0.0698. The lowest BCUT2D eigenvalue weighted by Crippen LogP contribution is -2.32. The molecular weight excluding hydrogens is 544 g/mol. The van der Waals surface area contributed by atoms with Crippen LogP contribution >= 0.6 is 0 Å². The normalized spacial score (nSPS) is 14.5. The summed E-state index contributed by atoms with van der Waals surface area (Å²) in [6, 6.07) is 54.9. The van der Waals surface area contributed by atoms with Crippen LogP contribution in [-0.2, 0) is 0 Å². The molecule has 0 fully saturated rings. The van der Waals surface area contributed by atoms with Gasteiger partial charge in [0.15, 0.2) is 0 Å². The molecule has 1 aliphatic carbocycles. The fourth-order valence-corrected chi connectivity index (χ4v) is 6.87. The molecule has 216 valence electrons. The van der Waals surface area contributed by atoms with Crippen LogP contribution in [0.25, 0.3) is 43.4 Å². The standard InChI is InChI=1S/C43H34N2/c1-44(43-40-22-9-6-16-34(40)29-35-17-7-10-23-41(35)43)36-25-27-37(28-26-36)45(42-24-12-18-32-15-5-8-21-39(32)42)38-20-11-19-33(30-38)31-13-3-2-4-14-31/h2-25,27-30,36H,26H2,1H3. The molecule has 7 aromatic carbocycles. The van der Waals surface area contributed by atoms with Crippen LogP contribution in [0.1, 0.15) is 6.42 Å². The third-order valence-corrected chi connectivity index (χ3v) is 9.13. The van der Waals surface area contributed by atoms with Gasteiger partial charge in [-0.3, -0.25) is 0 Å². The summed E-state index contributed by atoms with van der Waals surface area (Å²) in [5, 5.41) is 7.60. The van der Waals surface area contributed by atoms with Crippen molar-refractivity contribution in [1.29, 1.82) is 0 Å². The minimum atomic E-state index is 0.230. The average molecular weight is 579 g/mol. The predicted octanol–water partition coefficient (Wildman–Crippen LogP) is 11.3. The zero-order valence-corrected chi connectivity index (χ0v) is 25.3. The number of rotatable bonds is 6. The van der Waals surface area contributed by atoms with E-state index in [4.69, 9.17) is 0 Å². The van der Waals surface area contributed by atoms with Crippen LogP contribution in [0.5, 0.6) is 0 Å². The Hall–Kier alpha value is -5.60. The SMILES string of the molecule is CN(c1c2ccccc2cc2ccccc12)C1C=CC(N(c2cccc(-c3ccccc3)c2)c2cccc3ccccc23)=CC1. The lowest BCUT2D eigenvalue weighted by Gasteiger charge is -2.34. The van der Waals surface area contributed by atoms with Gasteiger partial charge in [0.05, 0.1) is 17.4 Å². The number of hydrogen-bond donors (Lipinski definition) is 0. The zero-order valence-electron chi connectivity index (χ0n) is 25.3. The fourth-order valence-electron chi connectivity index (χ4n) is 6.87. The van der Waals surface area contributed by atoms with Crippen LogP contribution in [0.3, 0.4) is 0 Å². The molecule has 0 aromatic heterocycles. The Morgan fingerprint density at radius 1 is 0.533 bits per heavy atom. The van der Waals surface area contributed by atoms with Crippen molar-refractivity contribution in [2.75, 3.05) is 16.8 Å². The van der Waals surface area contributed by atoms with E-state index in [1.165, 1.54) is 60.5 Å². The van der Waals surface area contributed by atoms with Crippen molar-refractivity contribution < 1.29 is 0 Å². The van der Waals surface area contributed by atoms with Gasteiger partial charge in [-0.2, -0.15) is 0 Å². The predicted molar refractivity (Wildman–Crippen MR) is 193 cm³/mol. The second-order valence-electron chi connectivity index (χ2n) is 11.8. The highest BCUT2D eigenvalue weighted by molar-refractivity contribution is 6.11. The maximum atomic E-state index is 2.47. The highest BCUT2D eigenvalue weighted by atomic mass is 15.2. The summed E-state index contributed by atoms with van der Waals surface area (Å²) in [7, 11) is 2.24. The number of benzene rings is 7. The second kappa shape index (κ2) is 11.5. The zero-order chi connectivity index (χ0) is 30.2. The molecule has 1 unspecified atom stereocenters. The van der Waals surface area contributed by atoms with Crippen LogP contribution in [0, 0.1) is 0 Å². The number of hydrogen-bond acceptors (Lipinski definition) is 2. The summed E-state index contributed by atoms with van der Waals surface area (Å²) in [5.41, 5.74) is 7.23. The van der Waals surface area contributed by atoms with Gasteiger partial charge in [0.25, 0.3) is 0 Å². The van der Waals surface area contributed by atoms with E-state index in [0.29, 0.717) is 0 Å². The maximum Gasteiger partial charge on any atom is 0.0539 e. The monoisotopic (exact) mass is 578 g/mol. The summed E-state index contributed by atoms with van der Waals surface area (Å²) in [6.07, 6.45) is 8.00. The molecule has 0 saturated carbocycles. The van der Waals surface area contributed by atoms with Gasteiger partial charge in [-0.25, -0.2) is 0 Å². The first-order valence-electron chi connectivity index (χ1n) is 15.7. The molecule has 1 aliphatic rings. The number of likely N-dealkylation sites (N-methyl/N-ethyl adjacent to an activating group) is 1. The van der Waals surface area contributed by atoms with Gasteiger partial charge < -0.3 is 9.80 Å². The Morgan fingerprint density at radius 3 is 1.84 bits per heavy atom. The first kappa shape index (κ1) is 27.0. The van der Waals surface area contributed by atoms with Crippen LogP contribution in [0.2, 0.25) is 0 Å².